The Morgan fingerprint density at radius 1 is 1.36 bits per heavy atom. The van der Waals surface area contributed by atoms with Crippen LogP contribution in [0.15, 0.2) is 24.7 Å². The first-order valence-corrected chi connectivity index (χ1v) is 8.88. The molecule has 0 amide bonds. The second kappa shape index (κ2) is 7.63. The summed E-state index contributed by atoms with van der Waals surface area (Å²) < 4.78 is 7.30. The van der Waals surface area contributed by atoms with Crippen LogP contribution in [-0.2, 0) is 4.74 Å². The second-order valence-electron chi connectivity index (χ2n) is 6.55. The Morgan fingerprint density at radius 3 is 2.80 bits per heavy atom. The van der Waals surface area contributed by atoms with Gasteiger partial charge in [-0.25, -0.2) is 9.78 Å². The van der Waals surface area contributed by atoms with Crippen molar-refractivity contribution in [2.75, 3.05) is 24.6 Å². The van der Waals surface area contributed by atoms with Gasteiger partial charge < -0.3 is 14.2 Å². The maximum absolute atomic E-state index is 12.2. The number of aromatic nitrogens is 4. The lowest BCUT2D eigenvalue weighted by Crippen LogP contribution is -2.35. The summed E-state index contributed by atoms with van der Waals surface area (Å²) in [5.41, 5.74) is 0.535. The Kier molecular flexibility index (Phi) is 5.31. The summed E-state index contributed by atoms with van der Waals surface area (Å²) in [6.45, 7) is 8.12. The first-order chi connectivity index (χ1) is 12.1. The van der Waals surface area contributed by atoms with Gasteiger partial charge in [0.05, 0.1) is 6.61 Å². The lowest BCUT2D eigenvalue weighted by molar-refractivity contribution is 0.0526. The first-order valence-electron chi connectivity index (χ1n) is 8.88. The summed E-state index contributed by atoms with van der Waals surface area (Å²) >= 11 is 0. The van der Waals surface area contributed by atoms with E-state index in [1.807, 2.05) is 13.3 Å². The predicted octanol–water partition coefficient (Wildman–Crippen LogP) is 2.81. The molecule has 0 N–H and O–H groups in total. The van der Waals surface area contributed by atoms with E-state index >= 15 is 0 Å². The molecule has 2 aromatic rings. The number of piperidine rings is 1. The smallest absolute Gasteiger partial charge is 0.341 e. The summed E-state index contributed by atoms with van der Waals surface area (Å²) in [6, 6.07) is 3.91. The number of hydrogen-bond donors (Lipinski definition) is 0. The van der Waals surface area contributed by atoms with Crippen molar-refractivity contribution >= 4 is 11.8 Å². The number of hydrogen-bond acceptors (Lipinski definition) is 6. The molecule has 0 saturated carbocycles. The molecule has 1 aliphatic rings. The number of carbonyl (C=O) groups is 1. The fourth-order valence-corrected chi connectivity index (χ4v) is 3.31. The molecule has 0 radical (unpaired) electrons. The largest absolute Gasteiger partial charge is 0.462 e. The fourth-order valence-electron chi connectivity index (χ4n) is 3.31. The zero-order chi connectivity index (χ0) is 17.8. The van der Waals surface area contributed by atoms with Crippen LogP contribution in [0.1, 0.15) is 61.8 Å². The van der Waals surface area contributed by atoms with Gasteiger partial charge in [0.25, 0.3) is 0 Å². The minimum absolute atomic E-state index is 0.313. The van der Waals surface area contributed by atoms with E-state index in [0.717, 1.165) is 31.8 Å². The first kappa shape index (κ1) is 17.4. The molecule has 0 unspecified atom stereocenters. The van der Waals surface area contributed by atoms with Crippen LogP contribution >= 0.6 is 0 Å². The topological polar surface area (TPSA) is 73.1 Å². The monoisotopic (exact) mass is 343 g/mol. The predicted molar refractivity (Wildman–Crippen MR) is 94.8 cm³/mol. The minimum atomic E-state index is -0.313. The van der Waals surface area contributed by atoms with Crippen LogP contribution in [0.3, 0.4) is 0 Å². The standard InChI is InChI=1S/C18H25N5O2/c1-4-25-18(24)15-6-5-9-19-17(15)22-10-7-14(8-11-22)16-21-20-12-23(16)13(2)3/h5-6,9,12-14H,4,7-8,10-11H2,1-3H3. The van der Waals surface area contributed by atoms with Gasteiger partial charge in [0.15, 0.2) is 0 Å². The van der Waals surface area contributed by atoms with Crippen molar-refractivity contribution < 1.29 is 9.53 Å². The molecule has 0 aliphatic carbocycles. The van der Waals surface area contributed by atoms with Gasteiger partial charge in [-0.1, -0.05) is 0 Å². The molecular formula is C18H25N5O2. The minimum Gasteiger partial charge on any atom is -0.462 e. The van der Waals surface area contributed by atoms with Crippen LogP contribution < -0.4 is 4.90 Å². The molecular weight excluding hydrogens is 318 g/mol. The molecule has 1 aliphatic heterocycles. The highest BCUT2D eigenvalue weighted by molar-refractivity contribution is 5.94. The highest BCUT2D eigenvalue weighted by Gasteiger charge is 2.28. The third-order valence-corrected chi connectivity index (χ3v) is 4.60. The Morgan fingerprint density at radius 2 is 2.12 bits per heavy atom. The summed E-state index contributed by atoms with van der Waals surface area (Å²) in [6.07, 6.45) is 5.46. The third kappa shape index (κ3) is 3.65. The summed E-state index contributed by atoms with van der Waals surface area (Å²) in [5.74, 6) is 1.84. The normalized spacial score (nSPS) is 15.6. The van der Waals surface area contributed by atoms with Gasteiger partial charge in [-0.05, 0) is 45.7 Å². The second-order valence-corrected chi connectivity index (χ2v) is 6.55. The highest BCUT2D eigenvalue weighted by Crippen LogP contribution is 2.31. The Balaban J connectivity index is 1.73. The van der Waals surface area contributed by atoms with Crippen molar-refractivity contribution in [1.82, 2.24) is 19.7 Å². The summed E-state index contributed by atoms with van der Waals surface area (Å²) in [5, 5.41) is 8.41. The number of pyridine rings is 1. The van der Waals surface area contributed by atoms with Crippen LogP contribution in [0, 0.1) is 0 Å². The van der Waals surface area contributed by atoms with Crippen LogP contribution in [-0.4, -0.2) is 45.4 Å². The molecule has 7 heteroatoms. The Hall–Kier alpha value is -2.44. The van der Waals surface area contributed by atoms with Crippen LogP contribution in [0.4, 0.5) is 5.82 Å². The average Bonchev–Trinajstić information content (AvgIpc) is 3.12. The zero-order valence-electron chi connectivity index (χ0n) is 15.1. The maximum atomic E-state index is 12.2. The molecule has 0 aromatic carbocycles. The van der Waals surface area contributed by atoms with E-state index in [0.29, 0.717) is 29.9 Å². The van der Waals surface area contributed by atoms with Gasteiger partial charge in [-0.15, -0.1) is 10.2 Å². The van der Waals surface area contributed by atoms with Crippen molar-refractivity contribution in [2.24, 2.45) is 0 Å². The van der Waals surface area contributed by atoms with Gasteiger partial charge in [-0.2, -0.15) is 0 Å². The van der Waals surface area contributed by atoms with E-state index in [9.17, 15) is 4.79 Å². The number of anilines is 1. The molecule has 0 bridgehead atoms. The molecule has 7 nitrogen and oxygen atoms in total. The maximum Gasteiger partial charge on any atom is 0.341 e. The molecule has 0 spiro atoms. The van der Waals surface area contributed by atoms with Crippen molar-refractivity contribution in [1.29, 1.82) is 0 Å². The number of ether oxygens (including phenoxy) is 1. The molecule has 0 atom stereocenters. The van der Waals surface area contributed by atoms with Gasteiger partial charge in [0.1, 0.15) is 23.5 Å². The van der Waals surface area contributed by atoms with E-state index < -0.39 is 0 Å². The quantitative estimate of drug-likeness (QED) is 0.777. The van der Waals surface area contributed by atoms with Crippen molar-refractivity contribution in [3.63, 3.8) is 0 Å². The molecule has 25 heavy (non-hydrogen) atoms. The molecule has 3 heterocycles. The van der Waals surface area contributed by atoms with Crippen molar-refractivity contribution in [3.8, 4) is 0 Å². The number of carbonyl (C=O) groups excluding carboxylic acids is 1. The van der Waals surface area contributed by atoms with E-state index in [1.165, 1.54) is 0 Å². The van der Waals surface area contributed by atoms with Crippen LogP contribution in [0.2, 0.25) is 0 Å². The van der Waals surface area contributed by atoms with Crippen molar-refractivity contribution in [3.05, 3.63) is 36.0 Å². The third-order valence-electron chi connectivity index (χ3n) is 4.60. The molecule has 134 valence electrons. The van der Waals surface area contributed by atoms with Crippen LogP contribution in [0.25, 0.3) is 0 Å². The molecule has 1 saturated heterocycles. The molecule has 3 rings (SSSR count). The van der Waals surface area contributed by atoms with Gasteiger partial charge in [-0.3, -0.25) is 0 Å². The van der Waals surface area contributed by atoms with E-state index in [2.05, 4.69) is 38.5 Å². The molecule has 2 aromatic heterocycles. The lowest BCUT2D eigenvalue weighted by atomic mass is 9.95. The number of rotatable bonds is 5. The Labute approximate surface area is 148 Å². The number of nitrogens with zero attached hydrogens (tertiary/aromatic N) is 5. The van der Waals surface area contributed by atoms with E-state index in [1.54, 1.807) is 18.3 Å². The van der Waals surface area contributed by atoms with E-state index in [-0.39, 0.29) is 5.97 Å². The zero-order valence-corrected chi connectivity index (χ0v) is 15.1. The van der Waals surface area contributed by atoms with Gasteiger partial charge in [0, 0.05) is 31.2 Å². The van der Waals surface area contributed by atoms with Gasteiger partial charge >= 0.3 is 5.97 Å². The van der Waals surface area contributed by atoms with Gasteiger partial charge in [0.2, 0.25) is 0 Å². The van der Waals surface area contributed by atoms with Crippen molar-refractivity contribution in [2.45, 2.75) is 45.6 Å². The summed E-state index contributed by atoms with van der Waals surface area (Å²) in [7, 11) is 0. The fraction of sp³-hybridized carbons (Fsp3) is 0.556. The Bertz CT molecular complexity index is 720. The average molecular weight is 343 g/mol. The number of esters is 1. The highest BCUT2D eigenvalue weighted by atomic mass is 16.5. The van der Waals surface area contributed by atoms with Crippen LogP contribution in [0.5, 0.6) is 0 Å². The SMILES string of the molecule is CCOC(=O)c1cccnc1N1CCC(c2nncn2C(C)C)CC1. The van der Waals surface area contributed by atoms with E-state index in [4.69, 9.17) is 4.74 Å². The lowest BCUT2D eigenvalue weighted by Gasteiger charge is -2.33. The summed E-state index contributed by atoms with van der Waals surface area (Å²) in [4.78, 5) is 18.8. The molecule has 1 fully saturated rings.